The van der Waals surface area contributed by atoms with Gasteiger partial charge in [-0.05, 0) is 0 Å². The molecule has 0 aromatic heterocycles. The van der Waals surface area contributed by atoms with Crippen molar-refractivity contribution in [3.05, 3.63) is 0 Å². The van der Waals surface area contributed by atoms with Gasteiger partial charge in [-0.15, -0.1) is 0 Å². The van der Waals surface area contributed by atoms with E-state index in [1.54, 1.807) is 13.3 Å². The summed E-state index contributed by atoms with van der Waals surface area (Å²) in [5.74, 6) is 0.964. The molecule has 1 nitrogen and oxygen atoms in total. The van der Waals surface area contributed by atoms with Crippen LogP contribution in [0.25, 0.3) is 0 Å². The Morgan fingerprint density at radius 1 is 0.895 bits per heavy atom. The van der Waals surface area contributed by atoms with Crippen LogP contribution in [0, 0.1) is 5.92 Å². The van der Waals surface area contributed by atoms with Crippen LogP contribution in [0.15, 0.2) is 0 Å². The first-order valence-electron chi connectivity index (χ1n) is 8.76. The van der Waals surface area contributed by atoms with Crippen LogP contribution in [0.4, 0.5) is 0 Å². The van der Waals surface area contributed by atoms with E-state index in [4.69, 9.17) is 4.74 Å². The summed E-state index contributed by atoms with van der Waals surface area (Å²) in [7, 11) is 2.01. The quantitative estimate of drug-likeness (QED) is 0.392. The Hall–Kier alpha value is 0.759. The molecular formula is C17H36OSn. The maximum absolute atomic E-state index is 6.12. The molecule has 1 unspecified atom stereocenters. The first-order chi connectivity index (χ1) is 9.24. The zero-order valence-corrected chi connectivity index (χ0v) is 16.7. The van der Waals surface area contributed by atoms with E-state index in [1.165, 1.54) is 51.4 Å². The van der Waals surface area contributed by atoms with Gasteiger partial charge in [-0.25, -0.2) is 0 Å². The predicted molar refractivity (Wildman–Crippen MR) is 88.4 cm³/mol. The van der Waals surface area contributed by atoms with Crippen LogP contribution in [-0.4, -0.2) is 29.6 Å². The summed E-state index contributed by atoms with van der Waals surface area (Å²) < 4.78 is 11.7. The molecule has 19 heavy (non-hydrogen) atoms. The number of hydrogen-bond donors (Lipinski definition) is 0. The average Bonchev–Trinajstić information content (AvgIpc) is 3.25. The normalized spacial score (nSPS) is 17.7. The summed E-state index contributed by atoms with van der Waals surface area (Å²) in [5.41, 5.74) is 0. The van der Waals surface area contributed by atoms with Crippen molar-refractivity contribution in [2.75, 3.05) is 7.11 Å². The molecule has 114 valence electrons. The fraction of sp³-hybridized carbons (Fsp3) is 1.00. The molecule has 0 aromatic rings. The van der Waals surface area contributed by atoms with Crippen LogP contribution in [0.5, 0.6) is 0 Å². The third kappa shape index (κ3) is 5.57. The second-order valence-corrected chi connectivity index (χ2v) is 20.3. The van der Waals surface area contributed by atoms with Gasteiger partial charge in [0.2, 0.25) is 0 Å². The third-order valence-corrected chi connectivity index (χ3v) is 22.0. The summed E-state index contributed by atoms with van der Waals surface area (Å²) >= 11 is -2.08. The van der Waals surface area contributed by atoms with Crippen LogP contribution in [-0.2, 0) is 4.74 Å². The SMILES string of the molecule is CCC[CH2][Sn]([CH2]CCC)([CH2]CCC)[CH](OC)C1CC1. The molecule has 1 fully saturated rings. The van der Waals surface area contributed by atoms with Gasteiger partial charge in [0.25, 0.3) is 0 Å². The molecule has 0 aromatic carbocycles. The Morgan fingerprint density at radius 3 is 1.58 bits per heavy atom. The molecule has 2 heteroatoms. The van der Waals surface area contributed by atoms with Crippen molar-refractivity contribution in [3.63, 3.8) is 0 Å². The first kappa shape index (κ1) is 17.8. The molecule has 0 spiro atoms. The standard InChI is InChI=1S/C5H9O.3C4H9.Sn/c1-6-4-5-2-3-5;3*1-3-4-2;/h4-5H,2-3H2,1H3;3*1,3-4H2,2H3;. The van der Waals surface area contributed by atoms with Crippen molar-refractivity contribution in [2.45, 2.75) is 89.6 Å². The molecule has 1 aliphatic carbocycles. The minimum absolute atomic E-state index is 0.749. The van der Waals surface area contributed by atoms with Gasteiger partial charge in [0.15, 0.2) is 0 Å². The topological polar surface area (TPSA) is 9.23 Å². The predicted octanol–water partition coefficient (Wildman–Crippen LogP) is 5.80. The van der Waals surface area contributed by atoms with Gasteiger partial charge in [-0.3, -0.25) is 0 Å². The molecule has 1 aliphatic rings. The molecule has 0 amide bonds. The molecular weight excluding hydrogens is 339 g/mol. The molecule has 0 aliphatic heterocycles. The van der Waals surface area contributed by atoms with Gasteiger partial charge in [-0.2, -0.15) is 0 Å². The number of methoxy groups -OCH3 is 1. The molecule has 1 saturated carbocycles. The van der Waals surface area contributed by atoms with E-state index >= 15 is 0 Å². The Labute approximate surface area is 125 Å². The molecule has 0 bridgehead atoms. The van der Waals surface area contributed by atoms with Crippen molar-refractivity contribution in [1.29, 1.82) is 0 Å². The Balaban J connectivity index is 2.78. The Morgan fingerprint density at radius 2 is 1.32 bits per heavy atom. The fourth-order valence-corrected chi connectivity index (χ4v) is 22.6. The molecule has 1 rings (SSSR count). The molecule has 0 heterocycles. The van der Waals surface area contributed by atoms with E-state index in [2.05, 4.69) is 20.8 Å². The molecule has 0 N–H and O–H groups in total. The van der Waals surface area contributed by atoms with E-state index in [0.717, 1.165) is 10.0 Å². The van der Waals surface area contributed by atoms with Crippen LogP contribution in [0.3, 0.4) is 0 Å². The van der Waals surface area contributed by atoms with Gasteiger partial charge in [0.1, 0.15) is 0 Å². The van der Waals surface area contributed by atoms with Crippen LogP contribution < -0.4 is 0 Å². The van der Waals surface area contributed by atoms with Gasteiger partial charge in [0.05, 0.1) is 0 Å². The van der Waals surface area contributed by atoms with Crippen molar-refractivity contribution >= 4 is 18.4 Å². The molecule has 0 saturated heterocycles. The van der Waals surface area contributed by atoms with E-state index in [-0.39, 0.29) is 0 Å². The zero-order valence-electron chi connectivity index (χ0n) is 13.8. The monoisotopic (exact) mass is 376 g/mol. The summed E-state index contributed by atoms with van der Waals surface area (Å²) in [5, 5.41) is 0. The Kier molecular flexibility index (Phi) is 9.05. The summed E-state index contributed by atoms with van der Waals surface area (Å²) in [6.45, 7) is 7.07. The van der Waals surface area contributed by atoms with Crippen LogP contribution >= 0.6 is 0 Å². The molecule has 1 atom stereocenters. The van der Waals surface area contributed by atoms with Crippen molar-refractivity contribution in [1.82, 2.24) is 0 Å². The first-order valence-corrected chi connectivity index (χ1v) is 16.5. The van der Waals surface area contributed by atoms with E-state index < -0.39 is 18.4 Å². The average molecular weight is 375 g/mol. The number of rotatable bonds is 12. The van der Waals surface area contributed by atoms with Gasteiger partial charge < -0.3 is 0 Å². The van der Waals surface area contributed by atoms with Gasteiger partial charge in [-0.1, -0.05) is 0 Å². The number of hydrogen-bond acceptors (Lipinski definition) is 1. The van der Waals surface area contributed by atoms with E-state index in [1.807, 2.05) is 7.11 Å². The van der Waals surface area contributed by atoms with E-state index in [0.29, 0.717) is 0 Å². The maximum atomic E-state index is 6.12. The van der Waals surface area contributed by atoms with Crippen molar-refractivity contribution < 1.29 is 4.74 Å². The number of unbranched alkanes of at least 4 members (excludes halogenated alkanes) is 3. The number of ether oxygens (including phenoxy) is 1. The summed E-state index contributed by atoms with van der Waals surface area (Å²) in [6.07, 6.45) is 11.4. The van der Waals surface area contributed by atoms with Crippen molar-refractivity contribution in [2.24, 2.45) is 5.92 Å². The second-order valence-electron chi connectivity index (χ2n) is 6.67. The summed E-state index contributed by atoms with van der Waals surface area (Å²) in [6, 6.07) is 0. The summed E-state index contributed by atoms with van der Waals surface area (Å²) in [4.78, 5) is 0. The third-order valence-electron chi connectivity index (χ3n) is 4.99. The zero-order chi connectivity index (χ0) is 14.1. The Bertz CT molecular complexity index is 204. The minimum atomic E-state index is -2.08. The van der Waals surface area contributed by atoms with Gasteiger partial charge in [0, 0.05) is 0 Å². The van der Waals surface area contributed by atoms with Crippen molar-refractivity contribution in [3.8, 4) is 0 Å². The van der Waals surface area contributed by atoms with Crippen LogP contribution in [0.1, 0.15) is 72.1 Å². The molecule has 0 radical (unpaired) electrons. The fourth-order valence-electron chi connectivity index (χ4n) is 3.73. The second kappa shape index (κ2) is 9.65. The van der Waals surface area contributed by atoms with E-state index in [9.17, 15) is 0 Å². The van der Waals surface area contributed by atoms with Gasteiger partial charge >= 0.3 is 126 Å². The van der Waals surface area contributed by atoms with Crippen LogP contribution in [0.2, 0.25) is 13.3 Å².